The van der Waals surface area contributed by atoms with Crippen LogP contribution in [0.2, 0.25) is 5.02 Å². The van der Waals surface area contributed by atoms with Gasteiger partial charge < -0.3 is 15.7 Å². The summed E-state index contributed by atoms with van der Waals surface area (Å²) >= 11 is 5.86. The second-order valence-corrected chi connectivity index (χ2v) is 6.24. The molecule has 3 N–H and O–H groups in total. The van der Waals surface area contributed by atoms with Crippen molar-refractivity contribution in [2.45, 2.75) is 19.4 Å². The van der Waals surface area contributed by atoms with E-state index in [0.717, 1.165) is 18.4 Å². The summed E-state index contributed by atoms with van der Waals surface area (Å²) in [6, 6.07) is 11.4. The van der Waals surface area contributed by atoms with Crippen LogP contribution in [0.3, 0.4) is 0 Å². The molecule has 0 heterocycles. The summed E-state index contributed by atoms with van der Waals surface area (Å²) in [6.07, 6.45) is 1.95. The number of halogens is 1. The number of carbonyl (C=O) groups excluding carboxylic acids is 2. The molecule has 0 unspecified atom stereocenters. The van der Waals surface area contributed by atoms with Crippen LogP contribution in [0.1, 0.15) is 28.8 Å². The van der Waals surface area contributed by atoms with Crippen molar-refractivity contribution in [3.8, 4) is 5.75 Å². The Balaban J connectivity index is 1.60. The van der Waals surface area contributed by atoms with E-state index in [-0.39, 0.29) is 29.2 Å². The molecule has 24 heavy (non-hydrogen) atoms. The van der Waals surface area contributed by atoms with Crippen molar-refractivity contribution < 1.29 is 14.7 Å². The second-order valence-electron chi connectivity index (χ2n) is 5.80. The number of nitrogens with one attached hydrogen (secondary N) is 2. The first-order chi connectivity index (χ1) is 11.5. The Labute approximate surface area is 144 Å². The van der Waals surface area contributed by atoms with Gasteiger partial charge in [0.25, 0.3) is 5.91 Å². The van der Waals surface area contributed by atoms with E-state index in [1.807, 2.05) is 0 Å². The Kier molecular flexibility index (Phi) is 4.71. The molecule has 1 aliphatic carbocycles. The molecular weight excluding hydrogens is 328 g/mol. The number of benzene rings is 2. The largest absolute Gasteiger partial charge is 0.506 e. The van der Waals surface area contributed by atoms with E-state index in [9.17, 15) is 14.7 Å². The number of phenols is 1. The number of amides is 2. The monoisotopic (exact) mass is 344 g/mol. The summed E-state index contributed by atoms with van der Waals surface area (Å²) in [4.78, 5) is 23.8. The second kappa shape index (κ2) is 6.93. The van der Waals surface area contributed by atoms with Crippen LogP contribution in [0.5, 0.6) is 5.75 Å². The van der Waals surface area contributed by atoms with Crippen molar-refractivity contribution in [2.75, 3.05) is 5.32 Å². The molecule has 0 aliphatic heterocycles. The van der Waals surface area contributed by atoms with Crippen molar-refractivity contribution in [1.29, 1.82) is 0 Å². The van der Waals surface area contributed by atoms with Gasteiger partial charge in [-0.3, -0.25) is 9.59 Å². The topological polar surface area (TPSA) is 78.4 Å². The van der Waals surface area contributed by atoms with Crippen molar-refractivity contribution >= 4 is 29.1 Å². The van der Waals surface area contributed by atoms with E-state index in [0.29, 0.717) is 17.1 Å². The lowest BCUT2D eigenvalue weighted by Gasteiger charge is -2.09. The molecule has 2 aromatic rings. The lowest BCUT2D eigenvalue weighted by molar-refractivity contribution is -0.122. The summed E-state index contributed by atoms with van der Waals surface area (Å²) < 4.78 is 0. The van der Waals surface area contributed by atoms with Crippen LogP contribution >= 0.6 is 11.6 Å². The van der Waals surface area contributed by atoms with Gasteiger partial charge in [0.1, 0.15) is 5.75 Å². The average Bonchev–Trinajstić information content (AvgIpc) is 3.41. The zero-order valence-corrected chi connectivity index (χ0v) is 13.6. The van der Waals surface area contributed by atoms with Gasteiger partial charge in [0.15, 0.2) is 0 Å². The van der Waals surface area contributed by atoms with Crippen molar-refractivity contribution in [2.24, 2.45) is 5.92 Å². The van der Waals surface area contributed by atoms with Gasteiger partial charge in [-0.25, -0.2) is 0 Å². The average molecular weight is 345 g/mol. The highest BCUT2D eigenvalue weighted by molar-refractivity contribution is 6.31. The van der Waals surface area contributed by atoms with Crippen molar-refractivity contribution in [3.63, 3.8) is 0 Å². The zero-order chi connectivity index (χ0) is 17.1. The smallest absolute Gasteiger partial charge is 0.255 e. The van der Waals surface area contributed by atoms with Gasteiger partial charge >= 0.3 is 0 Å². The van der Waals surface area contributed by atoms with E-state index in [1.165, 1.54) is 18.2 Å². The lowest BCUT2D eigenvalue weighted by atomic mass is 10.1. The van der Waals surface area contributed by atoms with Crippen LogP contribution < -0.4 is 10.6 Å². The standard InChI is InChI=1S/C18H17ClN2O3/c19-14-7-8-16(22)15(9-14)21-18(24)13-3-1-11(2-4-13)10-20-17(23)12-5-6-12/h1-4,7-9,12,22H,5-6,10H2,(H,20,23)(H,21,24). The van der Waals surface area contributed by atoms with Crippen LogP contribution in [0.25, 0.3) is 0 Å². The third-order valence-corrected chi connectivity index (χ3v) is 4.07. The van der Waals surface area contributed by atoms with E-state index < -0.39 is 0 Å². The highest BCUT2D eigenvalue weighted by Gasteiger charge is 2.29. The minimum atomic E-state index is -0.346. The summed E-state index contributed by atoms with van der Waals surface area (Å²) in [5.41, 5.74) is 1.63. The maximum absolute atomic E-state index is 12.2. The molecule has 0 bridgehead atoms. The molecule has 2 aromatic carbocycles. The van der Waals surface area contributed by atoms with E-state index >= 15 is 0 Å². The van der Waals surface area contributed by atoms with Gasteiger partial charge in [-0.1, -0.05) is 23.7 Å². The molecule has 2 amide bonds. The van der Waals surface area contributed by atoms with Gasteiger partial charge in [0.05, 0.1) is 5.69 Å². The number of phenolic OH excluding ortho intramolecular Hbond substituents is 1. The first-order valence-corrected chi connectivity index (χ1v) is 8.07. The summed E-state index contributed by atoms with van der Waals surface area (Å²) in [6.45, 7) is 0.451. The third kappa shape index (κ3) is 4.06. The molecule has 0 aromatic heterocycles. The Morgan fingerprint density at radius 2 is 1.83 bits per heavy atom. The molecule has 0 radical (unpaired) electrons. The van der Waals surface area contributed by atoms with Crippen molar-refractivity contribution in [3.05, 3.63) is 58.6 Å². The molecule has 0 atom stereocenters. The molecule has 3 rings (SSSR count). The number of carbonyl (C=O) groups is 2. The maximum atomic E-state index is 12.2. The molecule has 124 valence electrons. The van der Waals surface area contributed by atoms with E-state index in [2.05, 4.69) is 10.6 Å². The molecule has 1 fully saturated rings. The molecule has 5 nitrogen and oxygen atoms in total. The normalized spacial score (nSPS) is 13.4. The van der Waals surface area contributed by atoms with Crippen LogP contribution in [-0.4, -0.2) is 16.9 Å². The van der Waals surface area contributed by atoms with Crippen LogP contribution in [-0.2, 0) is 11.3 Å². The van der Waals surface area contributed by atoms with Crippen LogP contribution in [0.4, 0.5) is 5.69 Å². The fourth-order valence-corrected chi connectivity index (χ4v) is 2.43. The molecule has 6 heteroatoms. The lowest BCUT2D eigenvalue weighted by Crippen LogP contribution is -2.24. The SMILES string of the molecule is O=C(Nc1cc(Cl)ccc1O)c1ccc(CNC(=O)C2CC2)cc1. The van der Waals surface area contributed by atoms with E-state index in [1.54, 1.807) is 24.3 Å². The predicted molar refractivity (Wildman–Crippen MR) is 92.1 cm³/mol. The molecule has 0 saturated heterocycles. The maximum Gasteiger partial charge on any atom is 0.255 e. The minimum absolute atomic E-state index is 0.0489. The van der Waals surface area contributed by atoms with Crippen LogP contribution in [0, 0.1) is 5.92 Å². The van der Waals surface area contributed by atoms with Gasteiger partial charge in [0, 0.05) is 23.0 Å². The number of hydrogen-bond donors (Lipinski definition) is 3. The first kappa shape index (κ1) is 16.3. The number of rotatable bonds is 5. The molecular formula is C18H17ClN2O3. The Morgan fingerprint density at radius 1 is 1.12 bits per heavy atom. The van der Waals surface area contributed by atoms with E-state index in [4.69, 9.17) is 11.6 Å². The fraction of sp³-hybridized carbons (Fsp3) is 0.222. The first-order valence-electron chi connectivity index (χ1n) is 7.69. The van der Waals surface area contributed by atoms with Gasteiger partial charge in [-0.15, -0.1) is 0 Å². The van der Waals surface area contributed by atoms with Gasteiger partial charge in [-0.05, 0) is 48.7 Å². The molecule has 0 spiro atoms. The Bertz CT molecular complexity index is 770. The van der Waals surface area contributed by atoms with Gasteiger partial charge in [0.2, 0.25) is 5.91 Å². The molecule has 1 saturated carbocycles. The zero-order valence-electron chi connectivity index (χ0n) is 12.9. The Hall–Kier alpha value is -2.53. The predicted octanol–water partition coefficient (Wildman–Crippen LogP) is 3.32. The Morgan fingerprint density at radius 3 is 2.50 bits per heavy atom. The quantitative estimate of drug-likeness (QED) is 0.728. The summed E-state index contributed by atoms with van der Waals surface area (Å²) in [5.74, 6) is -0.123. The summed E-state index contributed by atoms with van der Waals surface area (Å²) in [5, 5.41) is 15.6. The van der Waals surface area contributed by atoms with Gasteiger partial charge in [-0.2, -0.15) is 0 Å². The van der Waals surface area contributed by atoms with Crippen molar-refractivity contribution in [1.82, 2.24) is 5.32 Å². The third-order valence-electron chi connectivity index (χ3n) is 3.84. The van der Waals surface area contributed by atoms with Crippen LogP contribution in [0.15, 0.2) is 42.5 Å². The molecule has 1 aliphatic rings. The number of aromatic hydroxyl groups is 1. The number of hydrogen-bond acceptors (Lipinski definition) is 3. The number of anilines is 1. The minimum Gasteiger partial charge on any atom is -0.506 e. The fourth-order valence-electron chi connectivity index (χ4n) is 2.26. The summed E-state index contributed by atoms with van der Waals surface area (Å²) in [7, 11) is 0. The highest BCUT2D eigenvalue weighted by Crippen LogP contribution is 2.29. The highest BCUT2D eigenvalue weighted by atomic mass is 35.5.